The topological polar surface area (TPSA) is 54.0 Å². The Labute approximate surface area is 140 Å². The van der Waals surface area contributed by atoms with Crippen LogP contribution in [0.25, 0.3) is 0 Å². The van der Waals surface area contributed by atoms with Gasteiger partial charge in [0, 0.05) is 24.6 Å². The molecule has 1 aromatic carbocycles. The van der Waals surface area contributed by atoms with Gasteiger partial charge in [-0.05, 0) is 30.7 Å². The molecule has 4 nitrogen and oxygen atoms in total. The number of amides is 1. The third kappa shape index (κ3) is 5.21. The third-order valence-electron chi connectivity index (χ3n) is 3.29. The van der Waals surface area contributed by atoms with Gasteiger partial charge < -0.3 is 10.6 Å². The lowest BCUT2D eigenvalue weighted by Crippen LogP contribution is -2.13. The fraction of sp³-hybridized carbons (Fsp3) is 0.294. The van der Waals surface area contributed by atoms with Crippen molar-refractivity contribution in [3.8, 4) is 0 Å². The number of unbranched alkanes of at least 4 members (excludes halogenated alkanes) is 2. The third-order valence-corrected chi connectivity index (χ3v) is 3.58. The van der Waals surface area contributed by atoms with Gasteiger partial charge in [-0.2, -0.15) is 0 Å². The predicted octanol–water partition coefficient (Wildman–Crippen LogP) is 4.73. The molecule has 0 bridgehead atoms. The Hall–Kier alpha value is -2.14. The number of nitrogens with zero attached hydrogens (tertiary/aromatic N) is 1. The Morgan fingerprint density at radius 3 is 2.78 bits per heavy atom. The number of hydrogen-bond donors (Lipinski definition) is 2. The summed E-state index contributed by atoms with van der Waals surface area (Å²) in [7, 11) is 0. The van der Waals surface area contributed by atoms with Crippen LogP contribution >= 0.6 is 11.6 Å². The zero-order valence-corrected chi connectivity index (χ0v) is 13.7. The molecular formula is C17H19ClFN3O. The molecule has 23 heavy (non-hydrogen) atoms. The summed E-state index contributed by atoms with van der Waals surface area (Å²) >= 11 is 5.70. The van der Waals surface area contributed by atoms with Crippen LogP contribution in [-0.4, -0.2) is 17.4 Å². The maximum absolute atomic E-state index is 13.1. The molecule has 0 aliphatic rings. The maximum atomic E-state index is 13.1. The van der Waals surface area contributed by atoms with E-state index in [4.69, 9.17) is 11.6 Å². The minimum absolute atomic E-state index is 0.0349. The van der Waals surface area contributed by atoms with Gasteiger partial charge in [0.1, 0.15) is 5.82 Å². The predicted molar refractivity (Wildman–Crippen MR) is 91.6 cm³/mol. The molecule has 2 N–H and O–H groups in total. The molecule has 1 aromatic heterocycles. The van der Waals surface area contributed by atoms with E-state index in [2.05, 4.69) is 22.5 Å². The van der Waals surface area contributed by atoms with E-state index in [0.29, 0.717) is 11.3 Å². The Morgan fingerprint density at radius 1 is 1.22 bits per heavy atom. The first-order valence-electron chi connectivity index (χ1n) is 7.55. The summed E-state index contributed by atoms with van der Waals surface area (Å²) in [5.41, 5.74) is 1.65. The summed E-state index contributed by atoms with van der Waals surface area (Å²) in [6.07, 6.45) is 6.55. The van der Waals surface area contributed by atoms with Crippen molar-refractivity contribution in [3.63, 3.8) is 0 Å². The average Bonchev–Trinajstić information content (AvgIpc) is 2.55. The van der Waals surface area contributed by atoms with Gasteiger partial charge in [0.15, 0.2) is 0 Å². The van der Waals surface area contributed by atoms with Crippen molar-refractivity contribution >= 4 is 28.9 Å². The summed E-state index contributed by atoms with van der Waals surface area (Å²) in [6, 6.07) is 5.77. The second kappa shape index (κ2) is 8.48. The van der Waals surface area contributed by atoms with Crippen molar-refractivity contribution < 1.29 is 9.18 Å². The SMILES string of the molecule is CCCCCNc1cncc(C(=O)Nc2ccc(F)c(Cl)c2)c1. The highest BCUT2D eigenvalue weighted by atomic mass is 35.5. The van der Waals surface area contributed by atoms with Crippen molar-refractivity contribution in [1.29, 1.82) is 0 Å². The molecule has 122 valence electrons. The molecule has 0 aliphatic carbocycles. The molecule has 2 aromatic rings. The number of halogens is 2. The molecule has 1 amide bonds. The van der Waals surface area contributed by atoms with Crippen LogP contribution in [-0.2, 0) is 0 Å². The van der Waals surface area contributed by atoms with Crippen LogP contribution in [0.1, 0.15) is 36.5 Å². The highest BCUT2D eigenvalue weighted by molar-refractivity contribution is 6.31. The number of rotatable bonds is 7. The van der Waals surface area contributed by atoms with Gasteiger partial charge in [0.2, 0.25) is 0 Å². The second-order valence-corrected chi connectivity index (χ2v) is 5.59. The van der Waals surface area contributed by atoms with Crippen molar-refractivity contribution in [2.75, 3.05) is 17.2 Å². The Morgan fingerprint density at radius 2 is 2.04 bits per heavy atom. The monoisotopic (exact) mass is 335 g/mol. The number of carbonyl (C=O) groups is 1. The first-order chi connectivity index (χ1) is 11.1. The number of aromatic nitrogens is 1. The van der Waals surface area contributed by atoms with Crippen molar-refractivity contribution in [2.24, 2.45) is 0 Å². The molecule has 0 saturated heterocycles. The molecule has 0 fully saturated rings. The normalized spacial score (nSPS) is 10.4. The minimum Gasteiger partial charge on any atom is -0.384 e. The number of nitrogens with one attached hydrogen (secondary N) is 2. The van der Waals surface area contributed by atoms with E-state index in [9.17, 15) is 9.18 Å². The Kier molecular flexibility index (Phi) is 6.35. The molecule has 0 spiro atoms. The second-order valence-electron chi connectivity index (χ2n) is 5.18. The van der Waals surface area contributed by atoms with Crippen LogP contribution in [0, 0.1) is 5.82 Å². The first kappa shape index (κ1) is 17.2. The summed E-state index contributed by atoms with van der Waals surface area (Å²) in [5, 5.41) is 5.88. The van der Waals surface area contributed by atoms with Gasteiger partial charge in [-0.3, -0.25) is 9.78 Å². The van der Waals surface area contributed by atoms with Crippen molar-refractivity contribution in [2.45, 2.75) is 26.2 Å². The highest BCUT2D eigenvalue weighted by Gasteiger charge is 2.09. The minimum atomic E-state index is -0.524. The van der Waals surface area contributed by atoms with Crippen LogP contribution in [0.5, 0.6) is 0 Å². The number of pyridine rings is 1. The quantitative estimate of drug-likeness (QED) is 0.719. The largest absolute Gasteiger partial charge is 0.384 e. The van der Waals surface area contributed by atoms with Gasteiger partial charge in [-0.25, -0.2) is 4.39 Å². The standard InChI is InChI=1S/C17H19ClFN3O/c1-2-3-4-7-21-14-8-12(10-20-11-14)17(23)22-13-5-6-16(19)15(18)9-13/h5-6,8-11,21H,2-4,7H2,1H3,(H,22,23). The Balaban J connectivity index is 2.00. The van der Waals surface area contributed by atoms with Crippen LogP contribution in [0.2, 0.25) is 5.02 Å². The number of hydrogen-bond acceptors (Lipinski definition) is 3. The summed E-state index contributed by atoms with van der Waals surface area (Å²) < 4.78 is 13.1. The van der Waals surface area contributed by atoms with Gasteiger partial charge in [-0.15, -0.1) is 0 Å². The van der Waals surface area contributed by atoms with Gasteiger partial charge in [0.25, 0.3) is 5.91 Å². The molecular weight excluding hydrogens is 317 g/mol. The summed E-state index contributed by atoms with van der Waals surface area (Å²) in [4.78, 5) is 16.3. The zero-order chi connectivity index (χ0) is 16.7. The van der Waals surface area contributed by atoms with E-state index in [1.807, 2.05) is 0 Å². The Bertz CT molecular complexity index is 679. The number of carbonyl (C=O) groups excluding carboxylic acids is 1. The average molecular weight is 336 g/mol. The van der Waals surface area contributed by atoms with E-state index in [0.717, 1.165) is 31.5 Å². The molecule has 0 aliphatic heterocycles. The van der Waals surface area contributed by atoms with Gasteiger partial charge in [0.05, 0.1) is 16.3 Å². The summed E-state index contributed by atoms with van der Waals surface area (Å²) in [5.74, 6) is -0.845. The lowest BCUT2D eigenvalue weighted by Gasteiger charge is -2.09. The van der Waals surface area contributed by atoms with E-state index in [-0.39, 0.29) is 10.9 Å². The van der Waals surface area contributed by atoms with Crippen molar-refractivity contribution in [1.82, 2.24) is 4.98 Å². The molecule has 1 heterocycles. The van der Waals surface area contributed by atoms with Crippen molar-refractivity contribution in [3.05, 3.63) is 53.1 Å². The van der Waals surface area contributed by atoms with Gasteiger partial charge in [-0.1, -0.05) is 31.4 Å². The smallest absolute Gasteiger partial charge is 0.257 e. The lowest BCUT2D eigenvalue weighted by atomic mass is 10.2. The zero-order valence-electron chi connectivity index (χ0n) is 12.9. The molecule has 2 rings (SSSR count). The van der Waals surface area contributed by atoms with Crippen LogP contribution in [0.3, 0.4) is 0 Å². The summed E-state index contributed by atoms with van der Waals surface area (Å²) in [6.45, 7) is 2.99. The number of benzene rings is 1. The number of anilines is 2. The van der Waals surface area contributed by atoms with Crippen LogP contribution in [0.4, 0.5) is 15.8 Å². The molecule has 0 saturated carbocycles. The van der Waals surface area contributed by atoms with E-state index in [1.54, 1.807) is 12.3 Å². The van der Waals surface area contributed by atoms with E-state index < -0.39 is 5.82 Å². The fourth-order valence-corrected chi connectivity index (χ4v) is 2.23. The molecule has 0 atom stereocenters. The van der Waals surface area contributed by atoms with E-state index >= 15 is 0 Å². The van der Waals surface area contributed by atoms with Gasteiger partial charge >= 0.3 is 0 Å². The van der Waals surface area contributed by atoms with Crippen LogP contribution < -0.4 is 10.6 Å². The molecule has 6 heteroatoms. The molecule has 0 radical (unpaired) electrons. The fourth-order valence-electron chi connectivity index (χ4n) is 2.05. The first-order valence-corrected chi connectivity index (χ1v) is 7.93. The molecule has 0 unspecified atom stereocenters. The highest BCUT2D eigenvalue weighted by Crippen LogP contribution is 2.20. The maximum Gasteiger partial charge on any atom is 0.257 e. The van der Waals surface area contributed by atoms with E-state index in [1.165, 1.54) is 24.4 Å². The van der Waals surface area contributed by atoms with Crippen LogP contribution in [0.15, 0.2) is 36.7 Å². The lowest BCUT2D eigenvalue weighted by molar-refractivity contribution is 0.102.